The molecule has 0 bridgehead atoms. The molecule has 0 unspecified atom stereocenters. The van der Waals surface area contributed by atoms with E-state index in [0.717, 1.165) is 17.7 Å². The highest BCUT2D eigenvalue weighted by atomic mass is 16.5. The van der Waals surface area contributed by atoms with E-state index in [2.05, 4.69) is 10.4 Å². The van der Waals surface area contributed by atoms with Gasteiger partial charge in [-0.05, 0) is 18.2 Å². The average molecular weight is 191 g/mol. The molecule has 2 rings (SSSR count). The van der Waals surface area contributed by atoms with Crippen molar-refractivity contribution in [2.45, 2.75) is 0 Å². The van der Waals surface area contributed by atoms with Crippen LogP contribution in [0.5, 0.6) is 0 Å². The van der Waals surface area contributed by atoms with Crippen LogP contribution in [0.2, 0.25) is 0 Å². The van der Waals surface area contributed by atoms with Crippen molar-refractivity contribution in [3.8, 4) is 0 Å². The molecule has 0 aromatic carbocycles. The first-order valence-corrected chi connectivity index (χ1v) is 4.56. The van der Waals surface area contributed by atoms with E-state index in [-0.39, 0.29) is 0 Å². The monoisotopic (exact) mass is 191 g/mol. The van der Waals surface area contributed by atoms with Crippen LogP contribution in [0, 0.1) is 0 Å². The summed E-state index contributed by atoms with van der Waals surface area (Å²) in [5.74, 6) is 0. The summed E-state index contributed by atoms with van der Waals surface area (Å²) in [4.78, 5) is 0. The number of aromatic nitrogens is 2. The molecule has 2 aromatic rings. The fraction of sp³-hybridized carbons (Fsp3) is 0.300. The summed E-state index contributed by atoms with van der Waals surface area (Å²) in [5, 5.41) is 7.39. The number of pyridine rings is 1. The van der Waals surface area contributed by atoms with E-state index in [1.54, 1.807) is 13.3 Å². The molecular weight excluding hydrogens is 178 g/mol. The van der Waals surface area contributed by atoms with Gasteiger partial charge in [-0.15, -0.1) is 0 Å². The third kappa shape index (κ3) is 1.85. The molecule has 0 aliphatic heterocycles. The van der Waals surface area contributed by atoms with E-state index in [4.69, 9.17) is 4.74 Å². The molecular formula is C10H13N3O. The van der Waals surface area contributed by atoms with Crippen LogP contribution < -0.4 is 5.32 Å². The largest absolute Gasteiger partial charge is 0.383 e. The number of rotatable bonds is 4. The van der Waals surface area contributed by atoms with Gasteiger partial charge in [0.15, 0.2) is 0 Å². The number of nitrogens with one attached hydrogen (secondary N) is 1. The van der Waals surface area contributed by atoms with Crippen LogP contribution >= 0.6 is 0 Å². The van der Waals surface area contributed by atoms with Crippen molar-refractivity contribution in [2.24, 2.45) is 0 Å². The number of anilines is 1. The van der Waals surface area contributed by atoms with Gasteiger partial charge in [0.25, 0.3) is 0 Å². The van der Waals surface area contributed by atoms with Crippen LogP contribution in [-0.2, 0) is 4.74 Å². The van der Waals surface area contributed by atoms with E-state index in [9.17, 15) is 0 Å². The van der Waals surface area contributed by atoms with Gasteiger partial charge in [0, 0.05) is 19.9 Å². The topological polar surface area (TPSA) is 38.6 Å². The molecule has 0 saturated heterocycles. The lowest BCUT2D eigenvalue weighted by Crippen LogP contribution is -2.08. The molecule has 0 aliphatic carbocycles. The third-order valence-corrected chi connectivity index (χ3v) is 2.03. The molecule has 2 heterocycles. The summed E-state index contributed by atoms with van der Waals surface area (Å²) < 4.78 is 6.79. The minimum absolute atomic E-state index is 0.706. The Morgan fingerprint density at radius 3 is 3.21 bits per heavy atom. The van der Waals surface area contributed by atoms with Crippen LogP contribution in [0.25, 0.3) is 5.52 Å². The maximum absolute atomic E-state index is 4.95. The normalized spacial score (nSPS) is 10.6. The number of hydrogen-bond donors (Lipinski definition) is 1. The van der Waals surface area contributed by atoms with Crippen LogP contribution in [0.3, 0.4) is 0 Å². The summed E-state index contributed by atoms with van der Waals surface area (Å²) in [6, 6.07) is 6.04. The number of methoxy groups -OCH3 is 1. The molecule has 4 heteroatoms. The van der Waals surface area contributed by atoms with Crippen molar-refractivity contribution < 1.29 is 4.74 Å². The first kappa shape index (κ1) is 9.02. The lowest BCUT2D eigenvalue weighted by Gasteiger charge is -2.05. The third-order valence-electron chi connectivity index (χ3n) is 2.03. The van der Waals surface area contributed by atoms with Crippen LogP contribution in [0.1, 0.15) is 0 Å². The highest BCUT2D eigenvalue weighted by Gasteiger charge is 1.95. The summed E-state index contributed by atoms with van der Waals surface area (Å²) in [6.07, 6.45) is 3.75. The highest BCUT2D eigenvalue weighted by Crippen LogP contribution is 2.09. The average Bonchev–Trinajstić information content (AvgIpc) is 2.65. The Morgan fingerprint density at radius 2 is 2.36 bits per heavy atom. The van der Waals surface area contributed by atoms with Crippen LogP contribution in [0.4, 0.5) is 5.69 Å². The Labute approximate surface area is 82.5 Å². The van der Waals surface area contributed by atoms with E-state index < -0.39 is 0 Å². The second-order valence-corrected chi connectivity index (χ2v) is 3.04. The summed E-state index contributed by atoms with van der Waals surface area (Å²) in [7, 11) is 1.69. The zero-order valence-corrected chi connectivity index (χ0v) is 8.10. The smallest absolute Gasteiger partial charge is 0.0663 e. The van der Waals surface area contributed by atoms with E-state index >= 15 is 0 Å². The summed E-state index contributed by atoms with van der Waals surface area (Å²) >= 11 is 0. The fourth-order valence-corrected chi connectivity index (χ4v) is 1.32. The van der Waals surface area contributed by atoms with Crippen LogP contribution in [0.15, 0.2) is 30.6 Å². The molecule has 0 fully saturated rings. The first-order chi connectivity index (χ1) is 6.90. The molecule has 4 nitrogen and oxygen atoms in total. The van der Waals surface area contributed by atoms with Crippen molar-refractivity contribution in [3.05, 3.63) is 30.6 Å². The molecule has 0 aliphatic rings. The van der Waals surface area contributed by atoms with Gasteiger partial charge < -0.3 is 10.1 Å². The Morgan fingerprint density at radius 1 is 1.43 bits per heavy atom. The molecule has 2 aromatic heterocycles. The molecule has 0 spiro atoms. The minimum Gasteiger partial charge on any atom is -0.383 e. The Balaban J connectivity index is 2.10. The SMILES string of the molecule is COCCNc1ccc2ccnn2c1. The van der Waals surface area contributed by atoms with Crippen molar-refractivity contribution in [2.75, 3.05) is 25.6 Å². The molecule has 14 heavy (non-hydrogen) atoms. The van der Waals surface area contributed by atoms with E-state index in [1.165, 1.54) is 0 Å². The Kier molecular flexibility index (Phi) is 2.65. The lowest BCUT2D eigenvalue weighted by molar-refractivity contribution is 0.211. The number of fused-ring (bicyclic) bond motifs is 1. The first-order valence-electron chi connectivity index (χ1n) is 4.56. The summed E-state index contributed by atoms with van der Waals surface area (Å²) in [5.41, 5.74) is 2.15. The fourth-order valence-electron chi connectivity index (χ4n) is 1.32. The van der Waals surface area contributed by atoms with Gasteiger partial charge in [-0.25, -0.2) is 4.52 Å². The van der Waals surface area contributed by atoms with Gasteiger partial charge in [0.2, 0.25) is 0 Å². The van der Waals surface area contributed by atoms with Crippen molar-refractivity contribution >= 4 is 11.2 Å². The van der Waals surface area contributed by atoms with E-state index in [0.29, 0.717) is 6.61 Å². The second kappa shape index (κ2) is 4.11. The highest BCUT2D eigenvalue weighted by molar-refractivity contribution is 5.53. The molecule has 74 valence electrons. The predicted octanol–water partition coefficient (Wildman–Crippen LogP) is 1.39. The molecule has 0 radical (unpaired) electrons. The predicted molar refractivity (Wildman–Crippen MR) is 55.6 cm³/mol. The Bertz CT molecular complexity index is 410. The van der Waals surface area contributed by atoms with Crippen LogP contribution in [-0.4, -0.2) is 29.9 Å². The zero-order valence-electron chi connectivity index (χ0n) is 8.10. The second-order valence-electron chi connectivity index (χ2n) is 3.04. The minimum atomic E-state index is 0.706. The standard InChI is InChI=1S/C10H13N3O/c1-14-7-6-11-9-2-3-10-4-5-12-13(10)8-9/h2-5,8,11H,6-7H2,1H3. The maximum Gasteiger partial charge on any atom is 0.0663 e. The van der Waals surface area contributed by atoms with Gasteiger partial charge in [-0.2, -0.15) is 5.10 Å². The maximum atomic E-state index is 4.95. The van der Waals surface area contributed by atoms with Crippen molar-refractivity contribution in [3.63, 3.8) is 0 Å². The van der Waals surface area contributed by atoms with Gasteiger partial charge in [0.1, 0.15) is 0 Å². The van der Waals surface area contributed by atoms with Gasteiger partial charge in [-0.3, -0.25) is 0 Å². The van der Waals surface area contributed by atoms with E-state index in [1.807, 2.05) is 28.9 Å². The zero-order chi connectivity index (χ0) is 9.80. The molecule has 0 atom stereocenters. The molecule has 0 amide bonds. The molecule has 0 saturated carbocycles. The number of ether oxygens (including phenoxy) is 1. The lowest BCUT2D eigenvalue weighted by atomic mass is 10.3. The van der Waals surface area contributed by atoms with Crippen molar-refractivity contribution in [1.82, 2.24) is 9.61 Å². The Hall–Kier alpha value is -1.55. The van der Waals surface area contributed by atoms with Crippen molar-refractivity contribution in [1.29, 1.82) is 0 Å². The van der Waals surface area contributed by atoms with Gasteiger partial charge in [0.05, 0.1) is 24.0 Å². The quantitative estimate of drug-likeness (QED) is 0.742. The number of hydrogen-bond acceptors (Lipinski definition) is 3. The number of nitrogens with zero attached hydrogens (tertiary/aromatic N) is 2. The van der Waals surface area contributed by atoms with Gasteiger partial charge in [-0.1, -0.05) is 0 Å². The molecule has 1 N–H and O–H groups in total. The summed E-state index contributed by atoms with van der Waals surface area (Å²) in [6.45, 7) is 1.51. The van der Waals surface area contributed by atoms with Gasteiger partial charge >= 0.3 is 0 Å².